The molecule has 2 rings (SSSR count). The standard InChI is InChI=1S/C14H18ClN3OS/c1-3-10-20-14-17-16-13(18(14)8-9-19-2)11-4-6-12(15)7-5-11/h4-7H,3,8-10H2,1-2H3. The summed E-state index contributed by atoms with van der Waals surface area (Å²) < 4.78 is 7.28. The van der Waals surface area contributed by atoms with Gasteiger partial charge in [0, 0.05) is 23.4 Å². The number of benzene rings is 1. The average molecular weight is 312 g/mol. The maximum atomic E-state index is 5.93. The van der Waals surface area contributed by atoms with Crippen LogP contribution in [0, 0.1) is 0 Å². The summed E-state index contributed by atoms with van der Waals surface area (Å²) in [4.78, 5) is 0. The third kappa shape index (κ3) is 3.75. The lowest BCUT2D eigenvalue weighted by Crippen LogP contribution is -2.07. The van der Waals surface area contributed by atoms with Crippen molar-refractivity contribution in [2.75, 3.05) is 19.5 Å². The third-order valence-corrected chi connectivity index (χ3v) is 4.20. The van der Waals surface area contributed by atoms with E-state index in [1.807, 2.05) is 24.3 Å². The van der Waals surface area contributed by atoms with E-state index in [0.717, 1.165) is 40.3 Å². The number of nitrogens with zero attached hydrogens (tertiary/aromatic N) is 3. The van der Waals surface area contributed by atoms with E-state index in [2.05, 4.69) is 21.7 Å². The van der Waals surface area contributed by atoms with E-state index >= 15 is 0 Å². The van der Waals surface area contributed by atoms with Gasteiger partial charge in [-0.3, -0.25) is 4.57 Å². The fourth-order valence-corrected chi connectivity index (χ4v) is 2.73. The smallest absolute Gasteiger partial charge is 0.191 e. The molecule has 0 saturated carbocycles. The van der Waals surface area contributed by atoms with Crippen LogP contribution in [0.15, 0.2) is 29.4 Å². The highest BCUT2D eigenvalue weighted by Gasteiger charge is 2.13. The van der Waals surface area contributed by atoms with Crippen LogP contribution in [0.3, 0.4) is 0 Å². The largest absolute Gasteiger partial charge is 0.383 e. The Kier molecular flexibility index (Phi) is 5.88. The Morgan fingerprint density at radius 2 is 2.00 bits per heavy atom. The average Bonchev–Trinajstić information content (AvgIpc) is 2.86. The van der Waals surface area contributed by atoms with Gasteiger partial charge in [0.1, 0.15) is 0 Å². The second kappa shape index (κ2) is 7.67. The minimum atomic E-state index is 0.637. The first kappa shape index (κ1) is 15.4. The van der Waals surface area contributed by atoms with Gasteiger partial charge in [-0.2, -0.15) is 0 Å². The third-order valence-electron chi connectivity index (χ3n) is 2.77. The quantitative estimate of drug-likeness (QED) is 0.730. The number of rotatable bonds is 7. The summed E-state index contributed by atoms with van der Waals surface area (Å²) in [6.07, 6.45) is 1.11. The highest BCUT2D eigenvalue weighted by molar-refractivity contribution is 7.99. The summed E-state index contributed by atoms with van der Waals surface area (Å²) in [6, 6.07) is 7.66. The molecule has 0 aliphatic carbocycles. The van der Waals surface area contributed by atoms with Gasteiger partial charge in [-0.15, -0.1) is 10.2 Å². The van der Waals surface area contributed by atoms with Crippen molar-refractivity contribution in [1.29, 1.82) is 0 Å². The van der Waals surface area contributed by atoms with Crippen molar-refractivity contribution < 1.29 is 4.74 Å². The molecule has 0 aliphatic rings. The Morgan fingerprint density at radius 3 is 2.65 bits per heavy atom. The predicted molar refractivity (Wildman–Crippen MR) is 83.4 cm³/mol. The van der Waals surface area contributed by atoms with Gasteiger partial charge in [0.25, 0.3) is 0 Å². The Bertz CT molecular complexity index is 542. The molecule has 4 nitrogen and oxygen atoms in total. The van der Waals surface area contributed by atoms with Gasteiger partial charge in [-0.05, 0) is 30.7 Å². The molecule has 0 fully saturated rings. The molecule has 1 heterocycles. The molecule has 1 aromatic heterocycles. The van der Waals surface area contributed by atoms with Crippen LogP contribution in [0.1, 0.15) is 13.3 Å². The summed E-state index contributed by atoms with van der Waals surface area (Å²) in [7, 11) is 1.70. The number of ether oxygens (including phenoxy) is 1. The van der Waals surface area contributed by atoms with Crippen molar-refractivity contribution in [1.82, 2.24) is 14.8 Å². The Labute approximate surface area is 128 Å². The lowest BCUT2D eigenvalue weighted by molar-refractivity contribution is 0.185. The summed E-state index contributed by atoms with van der Waals surface area (Å²) in [5, 5.41) is 10.3. The number of methoxy groups -OCH3 is 1. The molecule has 0 aliphatic heterocycles. The SMILES string of the molecule is CCCSc1nnc(-c2ccc(Cl)cc2)n1CCOC. The number of aromatic nitrogens is 3. The van der Waals surface area contributed by atoms with Crippen LogP contribution in [-0.4, -0.2) is 34.2 Å². The molecule has 0 saturated heterocycles. The van der Waals surface area contributed by atoms with E-state index in [1.54, 1.807) is 18.9 Å². The monoisotopic (exact) mass is 311 g/mol. The van der Waals surface area contributed by atoms with Crippen molar-refractivity contribution in [2.45, 2.75) is 25.0 Å². The fourth-order valence-electron chi connectivity index (χ4n) is 1.79. The first-order valence-corrected chi connectivity index (χ1v) is 7.93. The number of hydrogen-bond acceptors (Lipinski definition) is 4. The van der Waals surface area contributed by atoms with E-state index < -0.39 is 0 Å². The Balaban J connectivity index is 2.31. The molecular formula is C14H18ClN3OS. The van der Waals surface area contributed by atoms with Crippen LogP contribution in [0.2, 0.25) is 5.02 Å². The van der Waals surface area contributed by atoms with Crippen molar-refractivity contribution in [3.8, 4) is 11.4 Å². The van der Waals surface area contributed by atoms with Gasteiger partial charge < -0.3 is 4.74 Å². The lowest BCUT2D eigenvalue weighted by atomic mass is 10.2. The molecule has 1 aromatic carbocycles. The first-order chi connectivity index (χ1) is 9.76. The van der Waals surface area contributed by atoms with Gasteiger partial charge in [0.2, 0.25) is 0 Å². The van der Waals surface area contributed by atoms with E-state index in [0.29, 0.717) is 6.61 Å². The molecule has 0 bridgehead atoms. The van der Waals surface area contributed by atoms with Crippen LogP contribution >= 0.6 is 23.4 Å². The molecule has 0 atom stereocenters. The molecule has 6 heteroatoms. The van der Waals surface area contributed by atoms with Crippen LogP contribution < -0.4 is 0 Å². The summed E-state index contributed by atoms with van der Waals surface area (Å²) in [5.41, 5.74) is 1.02. The zero-order valence-corrected chi connectivity index (χ0v) is 13.2. The minimum Gasteiger partial charge on any atom is -0.383 e. The highest BCUT2D eigenvalue weighted by atomic mass is 35.5. The number of halogens is 1. The molecule has 0 amide bonds. The van der Waals surface area contributed by atoms with E-state index in [-0.39, 0.29) is 0 Å². The summed E-state index contributed by atoms with van der Waals surface area (Å²) in [6.45, 7) is 3.54. The lowest BCUT2D eigenvalue weighted by Gasteiger charge is -2.09. The molecule has 0 spiro atoms. The Morgan fingerprint density at radius 1 is 1.25 bits per heavy atom. The van der Waals surface area contributed by atoms with Gasteiger partial charge >= 0.3 is 0 Å². The molecule has 2 aromatic rings. The predicted octanol–water partition coefficient (Wildman–Crippen LogP) is 3.75. The van der Waals surface area contributed by atoms with Crippen molar-refractivity contribution in [3.63, 3.8) is 0 Å². The first-order valence-electron chi connectivity index (χ1n) is 6.57. The molecule has 108 valence electrons. The highest BCUT2D eigenvalue weighted by Crippen LogP contribution is 2.25. The zero-order chi connectivity index (χ0) is 14.4. The number of thioether (sulfide) groups is 1. The van der Waals surface area contributed by atoms with Gasteiger partial charge in [-0.25, -0.2) is 0 Å². The van der Waals surface area contributed by atoms with Crippen LogP contribution in [-0.2, 0) is 11.3 Å². The molecule has 0 unspecified atom stereocenters. The molecular weight excluding hydrogens is 294 g/mol. The summed E-state index contributed by atoms with van der Waals surface area (Å²) >= 11 is 7.65. The summed E-state index contributed by atoms with van der Waals surface area (Å²) in [5.74, 6) is 1.89. The van der Waals surface area contributed by atoms with Crippen LogP contribution in [0.4, 0.5) is 0 Å². The van der Waals surface area contributed by atoms with Crippen molar-refractivity contribution in [3.05, 3.63) is 29.3 Å². The second-order valence-electron chi connectivity index (χ2n) is 4.31. The maximum absolute atomic E-state index is 5.93. The van der Waals surface area contributed by atoms with E-state index in [4.69, 9.17) is 16.3 Å². The van der Waals surface area contributed by atoms with Gasteiger partial charge in [0.05, 0.1) is 13.2 Å². The zero-order valence-electron chi connectivity index (χ0n) is 11.7. The number of hydrogen-bond donors (Lipinski definition) is 0. The molecule has 0 radical (unpaired) electrons. The fraction of sp³-hybridized carbons (Fsp3) is 0.429. The van der Waals surface area contributed by atoms with Crippen molar-refractivity contribution in [2.24, 2.45) is 0 Å². The minimum absolute atomic E-state index is 0.637. The topological polar surface area (TPSA) is 39.9 Å². The Hall–Kier alpha value is -1.04. The van der Waals surface area contributed by atoms with Crippen LogP contribution in [0.25, 0.3) is 11.4 Å². The second-order valence-corrected chi connectivity index (χ2v) is 5.80. The van der Waals surface area contributed by atoms with E-state index in [9.17, 15) is 0 Å². The van der Waals surface area contributed by atoms with Gasteiger partial charge in [-0.1, -0.05) is 30.3 Å². The van der Waals surface area contributed by atoms with Crippen LogP contribution in [0.5, 0.6) is 0 Å². The molecule has 20 heavy (non-hydrogen) atoms. The van der Waals surface area contributed by atoms with Gasteiger partial charge in [0.15, 0.2) is 11.0 Å². The van der Waals surface area contributed by atoms with Crippen molar-refractivity contribution >= 4 is 23.4 Å². The molecule has 0 N–H and O–H groups in total. The maximum Gasteiger partial charge on any atom is 0.191 e. The van der Waals surface area contributed by atoms with E-state index in [1.165, 1.54) is 0 Å². The normalized spacial score (nSPS) is 10.9.